The molecular weight excluding hydrogens is 342 g/mol. The number of likely N-dealkylation sites (N-methyl/N-ethyl adjacent to an activating group) is 1. The lowest BCUT2D eigenvalue weighted by Crippen LogP contribution is -2.50. The molecule has 0 N–H and O–H groups in total. The number of carbonyl (C=O) groups is 3. The second-order valence-corrected chi connectivity index (χ2v) is 8.03. The summed E-state index contributed by atoms with van der Waals surface area (Å²) in [6, 6.07) is 5.87. The molecule has 0 radical (unpaired) electrons. The predicted octanol–water partition coefficient (Wildman–Crippen LogP) is 1.95. The van der Waals surface area contributed by atoms with E-state index in [4.69, 9.17) is 0 Å². The molecule has 0 aliphatic carbocycles. The summed E-state index contributed by atoms with van der Waals surface area (Å²) >= 11 is 0. The van der Waals surface area contributed by atoms with Crippen LogP contribution in [0.3, 0.4) is 0 Å². The standard InChI is InChI=1S/C21H29N3O3/c1-5-6-18(25)23-9-11-24(12-10-23)19(26)14-15-7-8-17-16(13-15)21(2,3)20(27)22(17)4/h7-8,13H,5-6,9-12,14H2,1-4H3. The number of carbonyl (C=O) groups excluding carboxylic acids is 3. The first kappa shape index (κ1) is 19.4. The molecule has 1 aromatic rings. The van der Waals surface area contributed by atoms with E-state index in [1.807, 2.05) is 48.8 Å². The number of hydrogen-bond acceptors (Lipinski definition) is 3. The van der Waals surface area contributed by atoms with Crippen LogP contribution in [-0.2, 0) is 26.2 Å². The van der Waals surface area contributed by atoms with Crippen LogP contribution in [0, 0.1) is 0 Å². The van der Waals surface area contributed by atoms with Gasteiger partial charge in [-0.2, -0.15) is 0 Å². The second kappa shape index (κ2) is 7.33. The number of anilines is 1. The van der Waals surface area contributed by atoms with Gasteiger partial charge in [0.25, 0.3) is 0 Å². The third kappa shape index (κ3) is 3.57. The molecule has 6 nitrogen and oxygen atoms in total. The Kier molecular flexibility index (Phi) is 5.27. The molecule has 2 heterocycles. The van der Waals surface area contributed by atoms with Crippen LogP contribution >= 0.6 is 0 Å². The molecule has 3 rings (SSSR count). The zero-order valence-corrected chi connectivity index (χ0v) is 16.7. The highest BCUT2D eigenvalue weighted by atomic mass is 16.2. The van der Waals surface area contributed by atoms with Gasteiger partial charge in [0.05, 0.1) is 11.8 Å². The first-order valence-corrected chi connectivity index (χ1v) is 9.72. The van der Waals surface area contributed by atoms with Crippen LogP contribution < -0.4 is 4.90 Å². The van der Waals surface area contributed by atoms with Gasteiger partial charge in [0.15, 0.2) is 0 Å². The molecule has 0 bridgehead atoms. The summed E-state index contributed by atoms with van der Waals surface area (Å²) in [4.78, 5) is 42.5. The molecule has 146 valence electrons. The highest BCUT2D eigenvalue weighted by Gasteiger charge is 2.42. The zero-order chi connectivity index (χ0) is 19.8. The van der Waals surface area contributed by atoms with Crippen LogP contribution in [0.1, 0.15) is 44.7 Å². The summed E-state index contributed by atoms with van der Waals surface area (Å²) in [5.41, 5.74) is 2.27. The lowest BCUT2D eigenvalue weighted by Gasteiger charge is -2.35. The fourth-order valence-electron chi connectivity index (χ4n) is 3.99. The van der Waals surface area contributed by atoms with Crippen molar-refractivity contribution in [3.05, 3.63) is 29.3 Å². The van der Waals surface area contributed by atoms with E-state index in [9.17, 15) is 14.4 Å². The molecule has 1 aromatic carbocycles. The van der Waals surface area contributed by atoms with Gasteiger partial charge < -0.3 is 14.7 Å². The van der Waals surface area contributed by atoms with Gasteiger partial charge >= 0.3 is 0 Å². The third-order valence-electron chi connectivity index (χ3n) is 5.74. The largest absolute Gasteiger partial charge is 0.339 e. The van der Waals surface area contributed by atoms with E-state index in [1.165, 1.54) is 0 Å². The molecule has 0 unspecified atom stereocenters. The third-order valence-corrected chi connectivity index (χ3v) is 5.74. The van der Waals surface area contributed by atoms with Crippen molar-refractivity contribution in [1.82, 2.24) is 9.80 Å². The number of amides is 3. The van der Waals surface area contributed by atoms with Crippen molar-refractivity contribution in [1.29, 1.82) is 0 Å². The van der Waals surface area contributed by atoms with E-state index in [2.05, 4.69) is 0 Å². The summed E-state index contributed by atoms with van der Waals surface area (Å²) in [7, 11) is 1.79. The van der Waals surface area contributed by atoms with Gasteiger partial charge in [0.2, 0.25) is 17.7 Å². The Morgan fingerprint density at radius 3 is 2.22 bits per heavy atom. The SMILES string of the molecule is CCCC(=O)N1CCN(C(=O)Cc2ccc3c(c2)C(C)(C)C(=O)N3C)CC1. The lowest BCUT2D eigenvalue weighted by molar-refractivity contribution is -0.139. The van der Waals surface area contributed by atoms with Gasteiger partial charge in [-0.05, 0) is 37.5 Å². The molecule has 1 fully saturated rings. The highest BCUT2D eigenvalue weighted by molar-refractivity contribution is 6.07. The molecule has 0 aromatic heterocycles. The molecule has 1 saturated heterocycles. The predicted molar refractivity (Wildman–Crippen MR) is 105 cm³/mol. The molecule has 3 amide bonds. The number of rotatable bonds is 4. The minimum Gasteiger partial charge on any atom is -0.339 e. The van der Waals surface area contributed by atoms with Crippen LogP contribution in [0.15, 0.2) is 18.2 Å². The minimum absolute atomic E-state index is 0.0769. The average Bonchev–Trinajstić information content (AvgIpc) is 2.82. The van der Waals surface area contributed by atoms with Crippen LogP contribution in [0.5, 0.6) is 0 Å². The van der Waals surface area contributed by atoms with Crippen LogP contribution in [-0.4, -0.2) is 60.7 Å². The highest BCUT2D eigenvalue weighted by Crippen LogP contribution is 2.41. The Labute approximate surface area is 161 Å². The Bertz CT molecular complexity index is 764. The molecule has 2 aliphatic heterocycles. The van der Waals surface area contributed by atoms with E-state index in [-0.39, 0.29) is 17.7 Å². The summed E-state index contributed by atoms with van der Waals surface area (Å²) in [6.45, 7) is 8.26. The number of hydrogen-bond donors (Lipinski definition) is 0. The Morgan fingerprint density at radius 1 is 1.04 bits per heavy atom. The maximum Gasteiger partial charge on any atom is 0.236 e. The van der Waals surface area contributed by atoms with E-state index in [1.54, 1.807) is 11.9 Å². The van der Waals surface area contributed by atoms with Crippen LogP contribution in [0.4, 0.5) is 5.69 Å². The Morgan fingerprint density at radius 2 is 1.63 bits per heavy atom. The molecule has 0 saturated carbocycles. The normalized spacial score (nSPS) is 18.7. The van der Waals surface area contributed by atoms with Crippen molar-refractivity contribution in [3.8, 4) is 0 Å². The first-order valence-electron chi connectivity index (χ1n) is 9.72. The van der Waals surface area contributed by atoms with Crippen LogP contribution in [0.25, 0.3) is 0 Å². The quantitative estimate of drug-likeness (QED) is 0.813. The number of piperazine rings is 1. The second-order valence-electron chi connectivity index (χ2n) is 8.03. The monoisotopic (exact) mass is 371 g/mol. The fourth-order valence-corrected chi connectivity index (χ4v) is 3.99. The number of fused-ring (bicyclic) bond motifs is 1. The topological polar surface area (TPSA) is 60.9 Å². The van der Waals surface area contributed by atoms with Gasteiger partial charge in [-0.25, -0.2) is 0 Å². The molecule has 2 aliphatic rings. The first-order chi connectivity index (χ1) is 12.8. The summed E-state index contributed by atoms with van der Waals surface area (Å²) in [6.07, 6.45) is 1.75. The van der Waals surface area contributed by atoms with Crippen molar-refractivity contribution < 1.29 is 14.4 Å². The van der Waals surface area contributed by atoms with Gasteiger partial charge in [-0.3, -0.25) is 14.4 Å². The molecular formula is C21H29N3O3. The molecule has 6 heteroatoms. The maximum absolute atomic E-state index is 12.7. The van der Waals surface area contributed by atoms with E-state index in [0.717, 1.165) is 23.2 Å². The molecule has 0 atom stereocenters. The summed E-state index contributed by atoms with van der Waals surface area (Å²) in [5.74, 6) is 0.334. The van der Waals surface area contributed by atoms with E-state index in [0.29, 0.717) is 39.0 Å². The van der Waals surface area contributed by atoms with E-state index >= 15 is 0 Å². The van der Waals surface area contributed by atoms with Gasteiger partial charge in [0, 0.05) is 45.3 Å². The fraction of sp³-hybridized carbons (Fsp3) is 0.571. The van der Waals surface area contributed by atoms with Crippen molar-refractivity contribution in [2.75, 3.05) is 38.1 Å². The Balaban J connectivity index is 1.64. The van der Waals surface area contributed by atoms with Crippen molar-refractivity contribution in [2.45, 2.75) is 45.4 Å². The molecule has 0 spiro atoms. The zero-order valence-electron chi connectivity index (χ0n) is 16.7. The van der Waals surface area contributed by atoms with Crippen LogP contribution in [0.2, 0.25) is 0 Å². The van der Waals surface area contributed by atoms with E-state index < -0.39 is 5.41 Å². The van der Waals surface area contributed by atoms with Gasteiger partial charge in [-0.1, -0.05) is 19.1 Å². The average molecular weight is 371 g/mol. The van der Waals surface area contributed by atoms with Crippen molar-refractivity contribution in [3.63, 3.8) is 0 Å². The summed E-state index contributed by atoms with van der Waals surface area (Å²) < 4.78 is 0. The smallest absolute Gasteiger partial charge is 0.236 e. The van der Waals surface area contributed by atoms with Gasteiger partial charge in [0.1, 0.15) is 0 Å². The summed E-state index contributed by atoms with van der Waals surface area (Å²) in [5, 5.41) is 0. The Hall–Kier alpha value is -2.37. The number of nitrogens with zero attached hydrogens (tertiary/aromatic N) is 3. The molecule has 27 heavy (non-hydrogen) atoms. The van der Waals surface area contributed by atoms with Crippen molar-refractivity contribution in [2.24, 2.45) is 0 Å². The number of benzene rings is 1. The maximum atomic E-state index is 12.7. The van der Waals surface area contributed by atoms with Gasteiger partial charge in [-0.15, -0.1) is 0 Å². The van der Waals surface area contributed by atoms with Crippen molar-refractivity contribution >= 4 is 23.4 Å². The lowest BCUT2D eigenvalue weighted by atomic mass is 9.85. The minimum atomic E-state index is -0.561.